The zero-order chi connectivity index (χ0) is 18.0. The third-order valence-corrected chi connectivity index (χ3v) is 6.98. The van der Waals surface area contributed by atoms with Crippen LogP contribution in [0.1, 0.15) is 64.1 Å². The second-order valence-corrected chi connectivity index (χ2v) is 8.73. The summed E-state index contributed by atoms with van der Waals surface area (Å²) in [6, 6.07) is 0.535. The monoisotopic (exact) mass is 358 g/mol. The molecule has 0 aromatic carbocycles. The lowest BCUT2D eigenvalue weighted by Gasteiger charge is -2.49. The van der Waals surface area contributed by atoms with Crippen molar-refractivity contribution in [3.8, 4) is 0 Å². The Labute approximate surface area is 157 Å². The van der Waals surface area contributed by atoms with Crippen molar-refractivity contribution in [1.82, 2.24) is 19.4 Å². The van der Waals surface area contributed by atoms with Crippen molar-refractivity contribution in [2.75, 3.05) is 26.2 Å². The first-order valence-electron chi connectivity index (χ1n) is 10.7. The van der Waals surface area contributed by atoms with Crippen LogP contribution in [0.15, 0.2) is 12.4 Å². The predicted octanol–water partition coefficient (Wildman–Crippen LogP) is 3.09. The van der Waals surface area contributed by atoms with E-state index in [0.717, 1.165) is 38.9 Å². The Morgan fingerprint density at radius 1 is 1.15 bits per heavy atom. The van der Waals surface area contributed by atoms with E-state index in [4.69, 9.17) is 0 Å². The molecule has 1 aromatic rings. The van der Waals surface area contributed by atoms with Crippen LogP contribution in [0.25, 0.3) is 0 Å². The van der Waals surface area contributed by atoms with E-state index in [2.05, 4.69) is 32.5 Å². The smallest absolute Gasteiger partial charge is 0.222 e. The molecule has 26 heavy (non-hydrogen) atoms. The number of rotatable bonds is 5. The van der Waals surface area contributed by atoms with Gasteiger partial charge in [0.15, 0.2) is 0 Å². The Hall–Kier alpha value is -1.36. The van der Waals surface area contributed by atoms with Crippen LogP contribution in [0.5, 0.6) is 0 Å². The Bertz CT molecular complexity index is 621. The fourth-order valence-electron chi connectivity index (χ4n) is 5.53. The van der Waals surface area contributed by atoms with Crippen molar-refractivity contribution >= 4 is 5.91 Å². The number of carbonyl (C=O) groups excluding carboxylic acids is 1. The molecule has 5 heteroatoms. The maximum absolute atomic E-state index is 12.5. The molecule has 2 saturated heterocycles. The number of amides is 1. The fourth-order valence-corrected chi connectivity index (χ4v) is 5.53. The zero-order valence-corrected chi connectivity index (χ0v) is 16.3. The molecule has 0 bridgehead atoms. The second kappa shape index (κ2) is 7.71. The number of aryl methyl sites for hydroxylation is 1. The lowest BCUT2D eigenvalue weighted by Crippen LogP contribution is -2.56. The van der Waals surface area contributed by atoms with Gasteiger partial charge in [-0.1, -0.05) is 19.8 Å². The molecule has 3 heterocycles. The molecule has 0 N–H and O–H groups in total. The number of nitrogens with zero attached hydrogens (tertiary/aromatic N) is 4. The van der Waals surface area contributed by atoms with Crippen molar-refractivity contribution in [2.24, 2.45) is 5.41 Å². The maximum atomic E-state index is 12.5. The van der Waals surface area contributed by atoms with Crippen LogP contribution in [0.4, 0.5) is 0 Å². The molecular weight excluding hydrogens is 324 g/mol. The van der Waals surface area contributed by atoms with E-state index >= 15 is 0 Å². The van der Waals surface area contributed by atoms with E-state index in [1.165, 1.54) is 57.4 Å². The number of hydrogen-bond donors (Lipinski definition) is 0. The Morgan fingerprint density at radius 2 is 2.00 bits per heavy atom. The highest BCUT2D eigenvalue weighted by Gasteiger charge is 2.43. The SMILES string of the molecule is CCc1nccn1CCN1CCC[C@@]2(CCC(=O)N(C3CCCC3)C2)C1. The van der Waals surface area contributed by atoms with Gasteiger partial charge in [-0.15, -0.1) is 0 Å². The van der Waals surface area contributed by atoms with E-state index in [1.807, 2.05) is 6.20 Å². The number of aromatic nitrogens is 2. The number of hydrogen-bond acceptors (Lipinski definition) is 3. The van der Waals surface area contributed by atoms with Crippen LogP contribution in [0.3, 0.4) is 0 Å². The molecule has 1 spiro atoms. The molecule has 144 valence electrons. The first-order valence-corrected chi connectivity index (χ1v) is 10.7. The predicted molar refractivity (Wildman–Crippen MR) is 103 cm³/mol. The standard InChI is InChI=1S/C21H34N4O/c1-2-19-22-11-13-24(19)15-14-23-12-5-9-21(16-23)10-8-20(26)25(17-21)18-6-3-4-7-18/h11,13,18H,2-10,12,14-17H2,1H3/t21-/m1/s1. The summed E-state index contributed by atoms with van der Waals surface area (Å²) in [5.74, 6) is 1.61. The van der Waals surface area contributed by atoms with Crippen molar-refractivity contribution in [3.05, 3.63) is 18.2 Å². The van der Waals surface area contributed by atoms with Gasteiger partial charge in [-0.25, -0.2) is 4.98 Å². The van der Waals surface area contributed by atoms with Gasteiger partial charge < -0.3 is 14.4 Å². The van der Waals surface area contributed by atoms with Crippen molar-refractivity contribution < 1.29 is 4.79 Å². The summed E-state index contributed by atoms with van der Waals surface area (Å²) < 4.78 is 2.30. The quantitative estimate of drug-likeness (QED) is 0.812. The highest BCUT2D eigenvalue weighted by atomic mass is 16.2. The van der Waals surface area contributed by atoms with E-state index in [1.54, 1.807) is 0 Å². The number of carbonyl (C=O) groups is 1. The van der Waals surface area contributed by atoms with Crippen molar-refractivity contribution in [2.45, 2.75) is 77.3 Å². The average Bonchev–Trinajstić information content (AvgIpc) is 3.34. The molecule has 5 nitrogen and oxygen atoms in total. The summed E-state index contributed by atoms with van der Waals surface area (Å²) in [6.45, 7) is 7.69. The highest BCUT2D eigenvalue weighted by Crippen LogP contribution is 2.41. The molecule has 1 saturated carbocycles. The van der Waals surface area contributed by atoms with Crippen molar-refractivity contribution in [1.29, 1.82) is 0 Å². The largest absolute Gasteiger partial charge is 0.339 e. The molecule has 1 aliphatic carbocycles. The molecule has 0 radical (unpaired) electrons. The molecule has 3 fully saturated rings. The third-order valence-electron chi connectivity index (χ3n) is 6.98. The summed E-state index contributed by atoms with van der Waals surface area (Å²) in [7, 11) is 0. The van der Waals surface area contributed by atoms with Crippen LogP contribution >= 0.6 is 0 Å². The topological polar surface area (TPSA) is 41.4 Å². The van der Waals surface area contributed by atoms with Crippen LogP contribution in [-0.2, 0) is 17.8 Å². The maximum Gasteiger partial charge on any atom is 0.222 e. The third kappa shape index (κ3) is 3.68. The van der Waals surface area contributed by atoms with Crippen LogP contribution in [-0.4, -0.2) is 57.5 Å². The Morgan fingerprint density at radius 3 is 2.81 bits per heavy atom. The van der Waals surface area contributed by atoms with Gasteiger partial charge in [0, 0.05) is 62.9 Å². The summed E-state index contributed by atoms with van der Waals surface area (Å²) in [5.41, 5.74) is 0.345. The van der Waals surface area contributed by atoms with Gasteiger partial charge in [-0.3, -0.25) is 4.79 Å². The van der Waals surface area contributed by atoms with Crippen LogP contribution in [0.2, 0.25) is 0 Å². The molecule has 1 aromatic heterocycles. The fraction of sp³-hybridized carbons (Fsp3) is 0.810. The van der Waals surface area contributed by atoms with Gasteiger partial charge in [0.05, 0.1) is 0 Å². The molecule has 4 rings (SSSR count). The Kier molecular flexibility index (Phi) is 5.35. The van der Waals surface area contributed by atoms with E-state index < -0.39 is 0 Å². The lowest BCUT2D eigenvalue weighted by atomic mass is 9.73. The first kappa shape index (κ1) is 18.0. The molecule has 1 atom stereocenters. The molecule has 3 aliphatic rings. The van der Waals surface area contributed by atoms with Crippen LogP contribution < -0.4 is 0 Å². The van der Waals surface area contributed by atoms with Gasteiger partial charge in [0.2, 0.25) is 5.91 Å². The minimum Gasteiger partial charge on any atom is -0.339 e. The molecule has 1 amide bonds. The number of imidazole rings is 1. The number of piperidine rings is 2. The number of likely N-dealkylation sites (tertiary alicyclic amines) is 2. The van der Waals surface area contributed by atoms with E-state index in [0.29, 0.717) is 17.4 Å². The summed E-state index contributed by atoms with van der Waals surface area (Å²) >= 11 is 0. The van der Waals surface area contributed by atoms with Gasteiger partial charge in [0.1, 0.15) is 5.82 Å². The average molecular weight is 359 g/mol. The summed E-state index contributed by atoms with van der Waals surface area (Å²) in [4.78, 5) is 21.9. The molecule has 2 aliphatic heterocycles. The zero-order valence-electron chi connectivity index (χ0n) is 16.3. The minimum atomic E-state index is 0.345. The molecular formula is C21H34N4O. The summed E-state index contributed by atoms with van der Waals surface area (Å²) in [5, 5.41) is 0. The highest BCUT2D eigenvalue weighted by molar-refractivity contribution is 5.77. The Balaban J connectivity index is 1.38. The van der Waals surface area contributed by atoms with Gasteiger partial charge in [-0.2, -0.15) is 0 Å². The van der Waals surface area contributed by atoms with Gasteiger partial charge >= 0.3 is 0 Å². The minimum absolute atomic E-state index is 0.345. The first-order chi connectivity index (χ1) is 12.7. The van der Waals surface area contributed by atoms with Crippen LogP contribution in [0, 0.1) is 5.41 Å². The van der Waals surface area contributed by atoms with Gasteiger partial charge in [0.25, 0.3) is 0 Å². The normalized spacial score (nSPS) is 28.3. The van der Waals surface area contributed by atoms with E-state index in [-0.39, 0.29) is 0 Å². The van der Waals surface area contributed by atoms with Crippen molar-refractivity contribution in [3.63, 3.8) is 0 Å². The molecule has 0 unspecified atom stereocenters. The lowest BCUT2D eigenvalue weighted by molar-refractivity contribution is -0.142. The van der Waals surface area contributed by atoms with E-state index in [9.17, 15) is 4.79 Å². The second-order valence-electron chi connectivity index (χ2n) is 8.73. The van der Waals surface area contributed by atoms with Gasteiger partial charge in [-0.05, 0) is 38.6 Å². The summed E-state index contributed by atoms with van der Waals surface area (Å²) in [6.07, 6.45) is 14.5.